The molecule has 0 saturated carbocycles. The summed E-state index contributed by atoms with van der Waals surface area (Å²) in [5.41, 5.74) is 2.89. The third-order valence-electron chi connectivity index (χ3n) is 4.68. The van der Waals surface area contributed by atoms with Crippen LogP contribution in [0, 0.1) is 0 Å². The number of halogens is 4. The molecule has 1 heterocycles. The molecule has 5 nitrogen and oxygen atoms in total. The fourth-order valence-corrected chi connectivity index (χ4v) is 3.32. The van der Waals surface area contributed by atoms with E-state index in [0.29, 0.717) is 11.5 Å². The molecule has 3 aromatic carbocycles. The van der Waals surface area contributed by atoms with Crippen LogP contribution in [0.5, 0.6) is 0 Å². The van der Waals surface area contributed by atoms with Crippen molar-refractivity contribution >= 4 is 22.1 Å². The summed E-state index contributed by atoms with van der Waals surface area (Å²) in [6.45, 7) is 0. The molecule has 0 aliphatic carbocycles. The third-order valence-corrected chi connectivity index (χ3v) is 4.68. The quantitative estimate of drug-likeness (QED) is 0.231. The van der Waals surface area contributed by atoms with Crippen LogP contribution in [0.3, 0.4) is 0 Å². The Kier molecular flexibility index (Phi) is 6.65. The second kappa shape index (κ2) is 9.09. The van der Waals surface area contributed by atoms with Crippen LogP contribution in [0.2, 0.25) is 0 Å². The van der Waals surface area contributed by atoms with Gasteiger partial charge in [-0.25, -0.2) is 8.42 Å². The average Bonchev–Trinajstić information content (AvgIpc) is 2.73. The fourth-order valence-electron chi connectivity index (χ4n) is 3.32. The van der Waals surface area contributed by atoms with E-state index in [1.54, 1.807) is 0 Å². The summed E-state index contributed by atoms with van der Waals surface area (Å²) in [4.78, 5) is 0. The second-order valence-corrected chi connectivity index (χ2v) is 7.59. The van der Waals surface area contributed by atoms with Crippen LogP contribution in [0.1, 0.15) is 28.4 Å². The first-order valence-corrected chi connectivity index (χ1v) is 10.5. The number of hydrogen-bond donors (Lipinski definition) is 0. The number of hydrogen-bond acceptors (Lipinski definition) is 4. The van der Waals surface area contributed by atoms with Crippen molar-refractivity contribution in [3.8, 4) is 0 Å². The van der Waals surface area contributed by atoms with Gasteiger partial charge in [-0.15, -0.1) is 3.89 Å². The van der Waals surface area contributed by atoms with Crippen LogP contribution in [0.15, 0.2) is 78.9 Å². The molecule has 4 rings (SSSR count). The summed E-state index contributed by atoms with van der Waals surface area (Å²) in [6.07, 6.45) is -4.68. The van der Waals surface area contributed by atoms with Crippen molar-refractivity contribution in [1.29, 1.82) is 0 Å². The zero-order valence-electron chi connectivity index (χ0n) is 16.6. The Bertz CT molecular complexity index is 1220. The molecule has 1 unspecified atom stereocenters. The van der Waals surface area contributed by atoms with Gasteiger partial charge in [-0.1, -0.05) is 42.5 Å². The second-order valence-electron chi connectivity index (χ2n) is 6.80. The van der Waals surface area contributed by atoms with Gasteiger partial charge < -0.3 is 9.29 Å². The van der Waals surface area contributed by atoms with Crippen molar-refractivity contribution in [2.45, 2.75) is 12.3 Å². The van der Waals surface area contributed by atoms with E-state index in [9.17, 15) is 17.1 Å². The highest BCUT2D eigenvalue weighted by molar-refractivity contribution is 7.80. The van der Waals surface area contributed by atoms with Crippen LogP contribution >= 0.6 is 0 Å². The molecule has 0 amide bonds. The van der Waals surface area contributed by atoms with Gasteiger partial charge in [0, 0.05) is 6.07 Å². The molecule has 32 heavy (non-hydrogen) atoms. The van der Waals surface area contributed by atoms with Crippen molar-refractivity contribution in [2.24, 2.45) is 0 Å². The largest absolute Gasteiger partial charge is 0.722 e. The van der Waals surface area contributed by atoms with E-state index in [1.807, 2.05) is 66.2 Å². The molecule has 0 aromatic heterocycles. The summed E-state index contributed by atoms with van der Waals surface area (Å²) < 4.78 is 82.1. The highest BCUT2D eigenvalue weighted by atomic mass is 32.3. The van der Waals surface area contributed by atoms with Crippen LogP contribution < -0.4 is 0 Å². The molecule has 1 aliphatic heterocycles. The van der Waals surface area contributed by atoms with Gasteiger partial charge in [0.25, 0.3) is 10.5 Å². The van der Waals surface area contributed by atoms with Crippen LogP contribution in [-0.2, 0) is 21.4 Å². The zero-order chi connectivity index (χ0) is 23.5. The molecule has 10 heteroatoms. The van der Waals surface area contributed by atoms with Crippen molar-refractivity contribution < 1.29 is 39.3 Å². The number of fused-ring (bicyclic) bond motifs is 1. The maximum atomic E-state index is 12.9. The first kappa shape index (κ1) is 23.4. The summed E-state index contributed by atoms with van der Waals surface area (Å²) in [5.74, 6) is 0.524. The number of benzene rings is 3. The lowest BCUT2D eigenvalue weighted by Gasteiger charge is -2.25. The molecular weight excluding hydrogens is 450 g/mol. The van der Waals surface area contributed by atoms with Gasteiger partial charge >= 0.3 is 12.1 Å². The lowest BCUT2D eigenvalue weighted by atomic mass is 9.98. The molecule has 0 fully saturated rings. The van der Waals surface area contributed by atoms with Gasteiger partial charge in [-0.05, 0) is 35.9 Å². The van der Waals surface area contributed by atoms with Gasteiger partial charge in [0.1, 0.15) is 7.05 Å². The third kappa shape index (κ3) is 5.71. The Labute approximate surface area is 182 Å². The SMILES string of the molecule is C[N+]1=C(c2ccc(C(F)(F)F)cc2)OC(c2ccccc2)c2ccccc21.O=S(=O)([O-])F. The Morgan fingerprint density at radius 2 is 1.44 bits per heavy atom. The Morgan fingerprint density at radius 1 is 0.906 bits per heavy atom. The predicted molar refractivity (Wildman–Crippen MR) is 108 cm³/mol. The van der Waals surface area contributed by atoms with Crippen LogP contribution in [-0.4, -0.2) is 30.5 Å². The van der Waals surface area contributed by atoms with Crippen molar-refractivity contribution in [1.82, 2.24) is 0 Å². The monoisotopic (exact) mass is 467 g/mol. The van der Waals surface area contributed by atoms with E-state index in [1.165, 1.54) is 12.1 Å². The van der Waals surface area contributed by atoms with Gasteiger partial charge in [0.15, 0.2) is 6.10 Å². The van der Waals surface area contributed by atoms with E-state index < -0.39 is 22.2 Å². The van der Waals surface area contributed by atoms with Crippen molar-refractivity contribution in [3.05, 3.63) is 101 Å². The van der Waals surface area contributed by atoms with E-state index in [4.69, 9.17) is 17.7 Å². The number of ether oxygens (including phenoxy) is 1. The van der Waals surface area contributed by atoms with Gasteiger partial charge in [0.2, 0.25) is 5.69 Å². The van der Waals surface area contributed by atoms with E-state index in [0.717, 1.165) is 28.9 Å². The molecular formula is C22H17F4NO4S. The molecule has 0 spiro atoms. The van der Waals surface area contributed by atoms with Crippen LogP contribution in [0.25, 0.3) is 0 Å². The Balaban J connectivity index is 0.000000523. The first-order valence-electron chi connectivity index (χ1n) is 9.19. The molecule has 0 N–H and O–H groups in total. The van der Waals surface area contributed by atoms with Crippen molar-refractivity contribution in [3.63, 3.8) is 0 Å². The highest BCUT2D eigenvalue weighted by Crippen LogP contribution is 2.37. The van der Waals surface area contributed by atoms with E-state index in [2.05, 4.69) is 0 Å². The Hall–Kier alpha value is -3.24. The molecule has 3 aromatic rings. The lowest BCUT2D eigenvalue weighted by molar-refractivity contribution is -0.422. The van der Waals surface area contributed by atoms with Crippen molar-refractivity contribution in [2.75, 3.05) is 7.05 Å². The molecule has 1 aliphatic rings. The molecule has 0 bridgehead atoms. The summed E-state index contributed by atoms with van der Waals surface area (Å²) in [6, 6.07) is 22.7. The maximum Gasteiger partial charge on any atom is 0.416 e. The first-order chi connectivity index (χ1) is 14.9. The summed E-state index contributed by atoms with van der Waals surface area (Å²) in [7, 11) is -3.56. The van der Waals surface area contributed by atoms with Gasteiger partial charge in [0.05, 0.1) is 16.7 Å². The molecule has 1 atom stereocenters. The highest BCUT2D eigenvalue weighted by Gasteiger charge is 2.35. The minimum atomic E-state index is -5.42. The Morgan fingerprint density at radius 3 is 2.00 bits per heavy atom. The molecule has 168 valence electrons. The predicted octanol–water partition coefficient (Wildman–Crippen LogP) is 4.96. The summed E-state index contributed by atoms with van der Waals surface area (Å²) >= 11 is 0. The molecule has 0 saturated heterocycles. The lowest BCUT2D eigenvalue weighted by Crippen LogP contribution is -2.27. The fraction of sp³-hybridized carbons (Fsp3) is 0.136. The van der Waals surface area contributed by atoms with Gasteiger partial charge in [-0.2, -0.15) is 17.7 Å². The van der Waals surface area contributed by atoms with Gasteiger partial charge in [-0.3, -0.25) is 0 Å². The standard InChI is InChI=1S/C22H17F3NO.FHO3S/c1-26-19-10-6-5-9-18(19)20(15-7-3-2-4-8-15)27-21(26)16-11-13-17(14-12-16)22(23,24)25;1-5(2,3)4/h2-14,20H,1H3;(H,2,3,4)/q+1;/p-1. The zero-order valence-corrected chi connectivity index (χ0v) is 17.4. The molecule has 0 radical (unpaired) electrons. The number of rotatable bonds is 2. The average molecular weight is 467 g/mol. The van der Waals surface area contributed by atoms with E-state index in [-0.39, 0.29) is 6.10 Å². The summed E-state index contributed by atoms with van der Waals surface area (Å²) in [5, 5.41) is 0. The number of alkyl halides is 3. The topological polar surface area (TPSA) is 69.4 Å². The normalized spacial score (nSPS) is 15.9. The number of para-hydroxylation sites is 1. The minimum Gasteiger partial charge on any atom is -0.722 e. The van der Waals surface area contributed by atoms with Crippen LogP contribution in [0.4, 0.5) is 22.7 Å². The minimum absolute atomic E-state index is 0.323. The maximum absolute atomic E-state index is 12.9. The smallest absolute Gasteiger partial charge is 0.416 e. The van der Waals surface area contributed by atoms with E-state index >= 15 is 0 Å². The number of nitrogens with zero attached hydrogens (tertiary/aromatic N) is 1.